The van der Waals surface area contributed by atoms with Crippen molar-refractivity contribution < 1.29 is 19.1 Å². The fraction of sp³-hybridized carbons (Fsp3) is 0.185. The second-order valence-corrected chi connectivity index (χ2v) is 8.74. The second-order valence-electron chi connectivity index (χ2n) is 8.31. The molecule has 0 bridgehead atoms. The fourth-order valence-corrected chi connectivity index (χ4v) is 4.29. The van der Waals surface area contributed by atoms with Gasteiger partial charge in [-0.1, -0.05) is 29.8 Å². The number of piperazine rings is 1. The number of nitrogens with zero attached hydrogens (tertiary/aromatic N) is 2. The number of methoxy groups -OCH3 is 1. The number of hydrogen-bond acceptors (Lipinski definition) is 5. The van der Waals surface area contributed by atoms with Crippen molar-refractivity contribution in [3.8, 4) is 11.5 Å². The van der Waals surface area contributed by atoms with E-state index in [1.54, 1.807) is 55.7 Å². The molecular weight excluding hydrogens is 466 g/mol. The van der Waals surface area contributed by atoms with Crippen LogP contribution >= 0.6 is 11.6 Å². The predicted octanol–water partition coefficient (Wildman–Crippen LogP) is 4.68. The summed E-state index contributed by atoms with van der Waals surface area (Å²) in [7, 11) is 1.65. The van der Waals surface area contributed by atoms with E-state index in [1.807, 2.05) is 29.2 Å². The zero-order valence-corrected chi connectivity index (χ0v) is 19.9. The van der Waals surface area contributed by atoms with Gasteiger partial charge in [-0.3, -0.25) is 9.59 Å². The topological polar surface area (TPSA) is 71.1 Å². The first-order valence-corrected chi connectivity index (χ1v) is 11.7. The number of amides is 2. The first kappa shape index (κ1) is 22.8. The van der Waals surface area contributed by atoms with Crippen LogP contribution in [0.15, 0.2) is 72.5 Å². The molecule has 0 aromatic heterocycles. The van der Waals surface area contributed by atoms with Crippen molar-refractivity contribution in [1.29, 1.82) is 0 Å². The lowest BCUT2D eigenvalue weighted by Gasteiger charge is -2.36. The van der Waals surface area contributed by atoms with Crippen molar-refractivity contribution >= 4 is 40.9 Å². The molecule has 2 heterocycles. The number of halogens is 1. The highest BCUT2D eigenvalue weighted by Crippen LogP contribution is 2.33. The molecule has 7 nitrogen and oxygen atoms in total. The Hall–Kier alpha value is -3.97. The number of rotatable bonds is 4. The van der Waals surface area contributed by atoms with E-state index in [4.69, 9.17) is 21.1 Å². The molecule has 1 N–H and O–H groups in total. The van der Waals surface area contributed by atoms with Crippen LogP contribution in [0.1, 0.15) is 15.9 Å². The van der Waals surface area contributed by atoms with Crippen LogP contribution in [0.5, 0.6) is 11.5 Å². The standard InChI is InChI=1S/C27H24ClN3O4/c1-34-22-4-2-3-21(17-22)30-11-13-31(14-12-30)27(33)19-7-10-24-23(16-19)29-26(32)25(35-24)15-18-5-8-20(28)9-6-18/h2-10,15-17H,11-14H2,1H3,(H,29,32). The third kappa shape index (κ3) is 4.95. The molecule has 0 spiro atoms. The van der Waals surface area contributed by atoms with Crippen molar-refractivity contribution in [3.05, 3.63) is 88.6 Å². The lowest BCUT2D eigenvalue weighted by molar-refractivity contribution is -0.115. The van der Waals surface area contributed by atoms with E-state index in [9.17, 15) is 9.59 Å². The minimum atomic E-state index is -0.371. The summed E-state index contributed by atoms with van der Waals surface area (Å²) in [5, 5.41) is 3.45. The Morgan fingerprint density at radius 1 is 1.03 bits per heavy atom. The van der Waals surface area contributed by atoms with Crippen molar-refractivity contribution in [2.75, 3.05) is 43.5 Å². The third-order valence-electron chi connectivity index (χ3n) is 6.07. The first-order chi connectivity index (χ1) is 17.0. The number of nitrogens with one attached hydrogen (secondary N) is 1. The summed E-state index contributed by atoms with van der Waals surface area (Å²) < 4.78 is 11.1. The molecule has 1 fully saturated rings. The number of hydrogen-bond donors (Lipinski definition) is 1. The predicted molar refractivity (Wildman–Crippen MR) is 136 cm³/mol. The summed E-state index contributed by atoms with van der Waals surface area (Å²) in [6.45, 7) is 2.65. The molecule has 178 valence electrons. The molecule has 0 aliphatic carbocycles. The zero-order valence-electron chi connectivity index (χ0n) is 19.2. The van der Waals surface area contributed by atoms with Gasteiger partial charge < -0.3 is 24.6 Å². The Labute approximate surface area is 208 Å². The number of carbonyl (C=O) groups is 2. The van der Waals surface area contributed by atoms with Crippen molar-refractivity contribution in [1.82, 2.24) is 4.90 Å². The number of fused-ring (bicyclic) bond motifs is 1. The Bertz CT molecular complexity index is 1300. The molecule has 2 amide bonds. The van der Waals surface area contributed by atoms with Gasteiger partial charge in [0.05, 0.1) is 12.8 Å². The number of anilines is 2. The molecule has 0 radical (unpaired) electrons. The molecule has 0 unspecified atom stereocenters. The molecule has 8 heteroatoms. The third-order valence-corrected chi connectivity index (χ3v) is 6.32. The number of ether oxygens (including phenoxy) is 2. The highest BCUT2D eigenvalue weighted by atomic mass is 35.5. The van der Waals surface area contributed by atoms with Crippen molar-refractivity contribution in [2.24, 2.45) is 0 Å². The number of carbonyl (C=O) groups excluding carboxylic acids is 2. The summed E-state index contributed by atoms with van der Waals surface area (Å²) in [5.41, 5.74) is 2.85. The lowest BCUT2D eigenvalue weighted by Crippen LogP contribution is -2.48. The molecule has 2 aliphatic heterocycles. The van der Waals surface area contributed by atoms with Gasteiger partial charge in [-0.15, -0.1) is 0 Å². The molecule has 2 aliphatic rings. The van der Waals surface area contributed by atoms with Crippen LogP contribution in [-0.2, 0) is 4.79 Å². The summed E-state index contributed by atoms with van der Waals surface area (Å²) in [6.07, 6.45) is 1.65. The normalized spacial score (nSPS) is 16.4. The van der Waals surface area contributed by atoms with E-state index in [-0.39, 0.29) is 17.6 Å². The van der Waals surface area contributed by atoms with Gasteiger partial charge >= 0.3 is 0 Å². The van der Waals surface area contributed by atoms with E-state index >= 15 is 0 Å². The monoisotopic (exact) mass is 489 g/mol. The van der Waals surface area contributed by atoms with E-state index in [0.717, 1.165) is 30.1 Å². The highest BCUT2D eigenvalue weighted by Gasteiger charge is 2.26. The fourth-order valence-electron chi connectivity index (χ4n) is 4.16. The average Bonchev–Trinajstić information content (AvgIpc) is 2.90. The number of benzene rings is 3. The molecular formula is C27H24ClN3O4. The molecule has 35 heavy (non-hydrogen) atoms. The second kappa shape index (κ2) is 9.72. The van der Waals surface area contributed by atoms with Crippen LogP contribution in [0, 0.1) is 0 Å². The van der Waals surface area contributed by atoms with Gasteiger partial charge in [-0.25, -0.2) is 0 Å². The van der Waals surface area contributed by atoms with Crippen LogP contribution in [0.3, 0.4) is 0 Å². The summed E-state index contributed by atoms with van der Waals surface area (Å²) in [6, 6.07) is 20.1. The summed E-state index contributed by atoms with van der Waals surface area (Å²) in [5.74, 6) is 1.03. The Kier molecular flexibility index (Phi) is 6.33. The minimum Gasteiger partial charge on any atom is -0.497 e. The smallest absolute Gasteiger partial charge is 0.291 e. The van der Waals surface area contributed by atoms with Crippen LogP contribution in [0.4, 0.5) is 11.4 Å². The summed E-state index contributed by atoms with van der Waals surface area (Å²) in [4.78, 5) is 29.8. The van der Waals surface area contributed by atoms with Crippen LogP contribution in [0.2, 0.25) is 5.02 Å². The van der Waals surface area contributed by atoms with Crippen LogP contribution in [-0.4, -0.2) is 50.0 Å². The Balaban J connectivity index is 1.26. The molecule has 0 atom stereocenters. The van der Waals surface area contributed by atoms with Gasteiger partial charge in [0.2, 0.25) is 0 Å². The first-order valence-electron chi connectivity index (χ1n) is 11.3. The van der Waals surface area contributed by atoms with Crippen molar-refractivity contribution in [2.45, 2.75) is 0 Å². The van der Waals surface area contributed by atoms with Gasteiger partial charge in [0.1, 0.15) is 5.75 Å². The lowest BCUT2D eigenvalue weighted by atomic mass is 10.1. The average molecular weight is 490 g/mol. The van der Waals surface area contributed by atoms with E-state index in [2.05, 4.69) is 10.2 Å². The summed E-state index contributed by atoms with van der Waals surface area (Å²) >= 11 is 5.92. The molecule has 1 saturated heterocycles. The van der Waals surface area contributed by atoms with Crippen molar-refractivity contribution in [3.63, 3.8) is 0 Å². The zero-order chi connectivity index (χ0) is 24.4. The minimum absolute atomic E-state index is 0.0742. The van der Waals surface area contributed by atoms with Crippen LogP contribution < -0.4 is 19.7 Å². The molecule has 0 saturated carbocycles. The molecule has 3 aromatic rings. The largest absolute Gasteiger partial charge is 0.497 e. The Morgan fingerprint density at radius 3 is 2.54 bits per heavy atom. The quantitative estimate of drug-likeness (QED) is 0.539. The van der Waals surface area contributed by atoms with E-state index in [0.29, 0.717) is 35.1 Å². The highest BCUT2D eigenvalue weighted by molar-refractivity contribution is 6.30. The maximum absolute atomic E-state index is 13.2. The van der Waals surface area contributed by atoms with E-state index < -0.39 is 0 Å². The SMILES string of the molecule is COc1cccc(N2CCN(C(=O)c3ccc4c(c3)NC(=O)C(=Cc3ccc(Cl)cc3)O4)CC2)c1. The van der Waals surface area contributed by atoms with Gasteiger partial charge in [-0.2, -0.15) is 0 Å². The van der Waals surface area contributed by atoms with Crippen LogP contribution in [0.25, 0.3) is 6.08 Å². The van der Waals surface area contributed by atoms with Gasteiger partial charge in [-0.05, 0) is 54.1 Å². The Morgan fingerprint density at radius 2 is 1.80 bits per heavy atom. The molecule has 5 rings (SSSR count). The van der Waals surface area contributed by atoms with E-state index in [1.165, 1.54) is 0 Å². The van der Waals surface area contributed by atoms with Gasteiger partial charge in [0.25, 0.3) is 11.8 Å². The van der Waals surface area contributed by atoms with Gasteiger partial charge in [0, 0.05) is 48.5 Å². The maximum Gasteiger partial charge on any atom is 0.291 e. The van der Waals surface area contributed by atoms with Gasteiger partial charge in [0.15, 0.2) is 11.5 Å². The maximum atomic E-state index is 13.2. The molecule has 3 aromatic carbocycles.